The molecule has 2 heteroatoms. The number of unbranched alkanes of at least 4 members (excludes halogenated alkanes) is 1. The van der Waals surface area contributed by atoms with Crippen molar-refractivity contribution in [3.63, 3.8) is 0 Å². The minimum atomic E-state index is 1.11. The molecule has 0 atom stereocenters. The molecule has 0 aliphatic heterocycles. The summed E-state index contributed by atoms with van der Waals surface area (Å²) in [6, 6.07) is 0. The summed E-state index contributed by atoms with van der Waals surface area (Å²) in [5.74, 6) is 1.20. The van der Waals surface area contributed by atoms with E-state index >= 15 is 0 Å². The van der Waals surface area contributed by atoms with Crippen molar-refractivity contribution in [1.82, 2.24) is 4.90 Å². The van der Waals surface area contributed by atoms with Gasteiger partial charge in [-0.25, -0.2) is 0 Å². The third kappa shape index (κ3) is 3.49. The average molecular weight is 142 g/mol. The molecule has 0 spiro atoms. The van der Waals surface area contributed by atoms with Crippen LogP contribution in [0.2, 0.25) is 0 Å². The standard InChI is InChI=1S/C8H18N2/c1-5-6-7-8(9-2)10(3)4/h5-7H2,1-4H3. The van der Waals surface area contributed by atoms with E-state index in [4.69, 9.17) is 0 Å². The van der Waals surface area contributed by atoms with Crippen molar-refractivity contribution in [1.29, 1.82) is 0 Å². The molecule has 0 rings (SSSR count). The van der Waals surface area contributed by atoms with Crippen molar-refractivity contribution in [2.24, 2.45) is 4.99 Å². The molecule has 0 aliphatic rings. The molecule has 0 saturated carbocycles. The van der Waals surface area contributed by atoms with Gasteiger partial charge >= 0.3 is 0 Å². The Labute approximate surface area is 63.9 Å². The Balaban J connectivity index is 3.63. The molecule has 2 nitrogen and oxygen atoms in total. The first-order chi connectivity index (χ1) is 4.72. The molecule has 0 aliphatic carbocycles. The predicted molar refractivity (Wildman–Crippen MR) is 46.6 cm³/mol. The van der Waals surface area contributed by atoms with E-state index in [0.717, 1.165) is 6.42 Å². The average Bonchev–Trinajstić information content (AvgIpc) is 1.89. The van der Waals surface area contributed by atoms with Gasteiger partial charge < -0.3 is 4.90 Å². The zero-order valence-corrected chi connectivity index (χ0v) is 7.52. The van der Waals surface area contributed by atoms with Crippen LogP contribution in [0.4, 0.5) is 0 Å². The van der Waals surface area contributed by atoms with Crippen LogP contribution in [-0.2, 0) is 0 Å². The molecular weight excluding hydrogens is 124 g/mol. The number of hydrogen-bond acceptors (Lipinski definition) is 1. The van der Waals surface area contributed by atoms with Crippen molar-refractivity contribution < 1.29 is 0 Å². The molecule has 0 aromatic heterocycles. The zero-order chi connectivity index (χ0) is 7.98. The van der Waals surface area contributed by atoms with Crippen molar-refractivity contribution in [3.8, 4) is 0 Å². The lowest BCUT2D eigenvalue weighted by Gasteiger charge is -2.14. The third-order valence-electron chi connectivity index (χ3n) is 1.53. The molecule has 0 aromatic rings. The fourth-order valence-electron chi connectivity index (χ4n) is 0.870. The lowest BCUT2D eigenvalue weighted by molar-refractivity contribution is 0.593. The van der Waals surface area contributed by atoms with Gasteiger partial charge in [0.05, 0.1) is 5.84 Å². The van der Waals surface area contributed by atoms with Gasteiger partial charge in [0.1, 0.15) is 0 Å². The van der Waals surface area contributed by atoms with Crippen LogP contribution in [0, 0.1) is 0 Å². The molecule has 0 aromatic carbocycles. The van der Waals surface area contributed by atoms with Gasteiger partial charge in [-0.05, 0) is 6.42 Å². The molecule has 0 fully saturated rings. The van der Waals surface area contributed by atoms with E-state index in [-0.39, 0.29) is 0 Å². The summed E-state index contributed by atoms with van der Waals surface area (Å²) in [6.45, 7) is 2.20. The second kappa shape index (κ2) is 5.27. The number of aliphatic imine (C=N–C) groups is 1. The highest BCUT2D eigenvalue weighted by Crippen LogP contribution is 1.98. The highest BCUT2D eigenvalue weighted by atomic mass is 15.1. The topological polar surface area (TPSA) is 15.6 Å². The maximum Gasteiger partial charge on any atom is 0.0980 e. The van der Waals surface area contributed by atoms with E-state index in [1.165, 1.54) is 18.7 Å². The number of amidine groups is 1. The Morgan fingerprint density at radius 1 is 1.40 bits per heavy atom. The van der Waals surface area contributed by atoms with Gasteiger partial charge in [-0.15, -0.1) is 0 Å². The van der Waals surface area contributed by atoms with Gasteiger partial charge in [-0.2, -0.15) is 0 Å². The maximum atomic E-state index is 4.17. The summed E-state index contributed by atoms with van der Waals surface area (Å²) in [5.41, 5.74) is 0. The molecule has 0 bridgehead atoms. The molecule has 0 saturated heterocycles. The van der Waals surface area contributed by atoms with Crippen molar-refractivity contribution in [2.45, 2.75) is 26.2 Å². The summed E-state index contributed by atoms with van der Waals surface area (Å²) in [4.78, 5) is 6.25. The summed E-state index contributed by atoms with van der Waals surface area (Å²) in [7, 11) is 5.93. The minimum Gasteiger partial charge on any atom is -0.367 e. The Bertz CT molecular complexity index is 106. The van der Waals surface area contributed by atoms with Crippen molar-refractivity contribution in [2.75, 3.05) is 21.1 Å². The summed E-state index contributed by atoms with van der Waals surface area (Å²) in [5, 5.41) is 0. The molecule has 0 heterocycles. The lowest BCUT2D eigenvalue weighted by atomic mass is 10.2. The van der Waals surface area contributed by atoms with E-state index in [9.17, 15) is 0 Å². The fraction of sp³-hybridized carbons (Fsp3) is 0.875. The van der Waals surface area contributed by atoms with E-state index in [0.29, 0.717) is 0 Å². The fourth-order valence-corrected chi connectivity index (χ4v) is 0.870. The normalized spacial score (nSPS) is 11.8. The Morgan fingerprint density at radius 2 is 2.00 bits per heavy atom. The van der Waals surface area contributed by atoms with Crippen LogP contribution in [0.25, 0.3) is 0 Å². The zero-order valence-electron chi connectivity index (χ0n) is 7.52. The Kier molecular flexibility index (Phi) is 4.99. The highest BCUT2D eigenvalue weighted by Gasteiger charge is 1.97. The van der Waals surface area contributed by atoms with Crippen LogP contribution in [0.5, 0.6) is 0 Å². The summed E-state index contributed by atoms with van der Waals surface area (Å²) in [6.07, 6.45) is 3.59. The Morgan fingerprint density at radius 3 is 2.30 bits per heavy atom. The largest absolute Gasteiger partial charge is 0.367 e. The summed E-state index contributed by atoms with van der Waals surface area (Å²) < 4.78 is 0. The minimum absolute atomic E-state index is 1.11. The first-order valence-corrected chi connectivity index (χ1v) is 3.85. The molecule has 0 amide bonds. The number of nitrogens with zero attached hydrogens (tertiary/aromatic N) is 2. The highest BCUT2D eigenvalue weighted by molar-refractivity contribution is 5.81. The third-order valence-corrected chi connectivity index (χ3v) is 1.53. The van der Waals surface area contributed by atoms with Crippen LogP contribution >= 0.6 is 0 Å². The quantitative estimate of drug-likeness (QED) is 0.433. The monoisotopic (exact) mass is 142 g/mol. The van der Waals surface area contributed by atoms with Crippen LogP contribution < -0.4 is 0 Å². The second-order valence-electron chi connectivity index (χ2n) is 2.64. The van der Waals surface area contributed by atoms with Crippen molar-refractivity contribution in [3.05, 3.63) is 0 Å². The first kappa shape index (κ1) is 9.47. The molecule has 0 radical (unpaired) electrons. The maximum absolute atomic E-state index is 4.17. The van der Waals surface area contributed by atoms with E-state index in [1.807, 2.05) is 21.1 Å². The van der Waals surface area contributed by atoms with E-state index < -0.39 is 0 Å². The smallest absolute Gasteiger partial charge is 0.0980 e. The molecule has 60 valence electrons. The van der Waals surface area contributed by atoms with Gasteiger partial charge in [-0.1, -0.05) is 13.3 Å². The van der Waals surface area contributed by atoms with E-state index in [1.54, 1.807) is 0 Å². The predicted octanol–water partition coefficient (Wildman–Crippen LogP) is 1.77. The molecule has 0 N–H and O–H groups in total. The van der Waals surface area contributed by atoms with E-state index in [2.05, 4.69) is 16.8 Å². The van der Waals surface area contributed by atoms with Gasteiger partial charge in [0, 0.05) is 27.6 Å². The second-order valence-corrected chi connectivity index (χ2v) is 2.64. The number of hydrogen-bond donors (Lipinski definition) is 0. The van der Waals surface area contributed by atoms with Crippen LogP contribution in [0.1, 0.15) is 26.2 Å². The molecule has 0 unspecified atom stereocenters. The summed E-state index contributed by atoms with van der Waals surface area (Å²) >= 11 is 0. The Hall–Kier alpha value is -0.530. The lowest BCUT2D eigenvalue weighted by Crippen LogP contribution is -2.21. The van der Waals surface area contributed by atoms with Gasteiger partial charge in [0.2, 0.25) is 0 Å². The van der Waals surface area contributed by atoms with Gasteiger partial charge in [-0.3, -0.25) is 4.99 Å². The van der Waals surface area contributed by atoms with Crippen LogP contribution in [-0.4, -0.2) is 31.9 Å². The number of rotatable bonds is 3. The SMILES string of the molecule is CCCCC(=NC)N(C)C. The van der Waals surface area contributed by atoms with Gasteiger partial charge in [0.15, 0.2) is 0 Å². The van der Waals surface area contributed by atoms with Crippen LogP contribution in [0.3, 0.4) is 0 Å². The van der Waals surface area contributed by atoms with Crippen molar-refractivity contribution >= 4 is 5.84 Å². The van der Waals surface area contributed by atoms with Gasteiger partial charge in [0.25, 0.3) is 0 Å². The van der Waals surface area contributed by atoms with Crippen LogP contribution in [0.15, 0.2) is 4.99 Å². The molecule has 10 heavy (non-hydrogen) atoms. The molecular formula is C8H18N2. The first-order valence-electron chi connectivity index (χ1n) is 3.85.